The van der Waals surface area contributed by atoms with E-state index in [0.717, 1.165) is 19.4 Å². The molecular formula is C13H23N3O4. The van der Waals surface area contributed by atoms with Gasteiger partial charge in [0.15, 0.2) is 0 Å². The number of ether oxygens (including phenoxy) is 1. The summed E-state index contributed by atoms with van der Waals surface area (Å²) in [5.41, 5.74) is 0. The predicted octanol–water partition coefficient (Wildman–Crippen LogP) is -0.132. The van der Waals surface area contributed by atoms with Crippen LogP contribution < -0.4 is 10.6 Å². The Morgan fingerprint density at radius 3 is 2.70 bits per heavy atom. The number of carboxylic acid groups (broad SMARTS) is 1. The van der Waals surface area contributed by atoms with Crippen molar-refractivity contribution in [1.82, 2.24) is 15.5 Å². The molecule has 0 saturated carbocycles. The minimum absolute atomic E-state index is 0.145. The fourth-order valence-electron chi connectivity index (χ4n) is 2.76. The second-order valence-electron chi connectivity index (χ2n) is 5.76. The summed E-state index contributed by atoms with van der Waals surface area (Å²) >= 11 is 0. The SMILES string of the molecule is CC1CC(NC(=O)NC2COCC2C(=O)O)CCN1C. The molecule has 0 aromatic rings. The molecule has 2 amide bonds. The van der Waals surface area contributed by atoms with Crippen LogP contribution in [0.15, 0.2) is 0 Å². The van der Waals surface area contributed by atoms with Crippen molar-refractivity contribution in [3.05, 3.63) is 0 Å². The lowest BCUT2D eigenvalue weighted by Gasteiger charge is -2.35. The molecule has 7 heteroatoms. The Labute approximate surface area is 118 Å². The molecule has 2 fully saturated rings. The van der Waals surface area contributed by atoms with Gasteiger partial charge in [-0.25, -0.2) is 4.79 Å². The largest absolute Gasteiger partial charge is 0.481 e. The second kappa shape index (κ2) is 6.41. The van der Waals surface area contributed by atoms with Crippen LogP contribution in [-0.2, 0) is 9.53 Å². The van der Waals surface area contributed by atoms with Gasteiger partial charge in [-0.3, -0.25) is 4.79 Å². The molecule has 4 atom stereocenters. The van der Waals surface area contributed by atoms with E-state index in [-0.39, 0.29) is 25.3 Å². The first-order valence-electron chi connectivity index (χ1n) is 7.05. The van der Waals surface area contributed by atoms with Crippen LogP contribution >= 0.6 is 0 Å². The average Bonchev–Trinajstić information content (AvgIpc) is 2.82. The van der Waals surface area contributed by atoms with Crippen molar-refractivity contribution in [1.29, 1.82) is 0 Å². The van der Waals surface area contributed by atoms with Crippen LogP contribution in [0.4, 0.5) is 4.79 Å². The fraction of sp³-hybridized carbons (Fsp3) is 0.846. The van der Waals surface area contributed by atoms with E-state index in [0.29, 0.717) is 6.04 Å². The second-order valence-corrected chi connectivity index (χ2v) is 5.76. The molecule has 0 bridgehead atoms. The van der Waals surface area contributed by atoms with Crippen LogP contribution in [0.1, 0.15) is 19.8 Å². The summed E-state index contributed by atoms with van der Waals surface area (Å²) in [6.45, 7) is 3.51. The van der Waals surface area contributed by atoms with Crippen LogP contribution in [0.2, 0.25) is 0 Å². The van der Waals surface area contributed by atoms with Crippen molar-refractivity contribution in [2.75, 3.05) is 26.8 Å². The van der Waals surface area contributed by atoms with Crippen molar-refractivity contribution in [3.8, 4) is 0 Å². The van der Waals surface area contributed by atoms with E-state index in [2.05, 4.69) is 29.5 Å². The number of carboxylic acids is 1. The van der Waals surface area contributed by atoms with Gasteiger partial charge in [0.25, 0.3) is 0 Å². The molecule has 2 aliphatic rings. The molecular weight excluding hydrogens is 262 g/mol. The first-order valence-corrected chi connectivity index (χ1v) is 7.05. The van der Waals surface area contributed by atoms with E-state index in [9.17, 15) is 9.59 Å². The summed E-state index contributed by atoms with van der Waals surface area (Å²) in [6, 6.07) is -0.160. The number of hydrogen-bond donors (Lipinski definition) is 3. The summed E-state index contributed by atoms with van der Waals surface area (Å²) in [4.78, 5) is 25.2. The molecule has 0 aliphatic carbocycles. The molecule has 0 radical (unpaired) electrons. The number of carbonyl (C=O) groups excluding carboxylic acids is 1. The molecule has 7 nitrogen and oxygen atoms in total. The fourth-order valence-corrected chi connectivity index (χ4v) is 2.76. The van der Waals surface area contributed by atoms with Crippen LogP contribution in [-0.4, -0.2) is 66.9 Å². The van der Waals surface area contributed by atoms with E-state index in [1.165, 1.54) is 0 Å². The van der Waals surface area contributed by atoms with E-state index in [1.807, 2.05) is 0 Å². The minimum atomic E-state index is -0.930. The lowest BCUT2D eigenvalue weighted by Crippen LogP contribution is -2.53. The summed E-state index contributed by atoms with van der Waals surface area (Å²) in [6.07, 6.45) is 1.82. The Balaban J connectivity index is 1.79. The molecule has 2 saturated heterocycles. The van der Waals surface area contributed by atoms with Crippen LogP contribution in [0.5, 0.6) is 0 Å². The number of nitrogens with one attached hydrogen (secondary N) is 2. The summed E-state index contributed by atoms with van der Waals surface area (Å²) in [5, 5.41) is 14.7. The zero-order valence-corrected chi connectivity index (χ0v) is 12.0. The van der Waals surface area contributed by atoms with E-state index in [1.54, 1.807) is 0 Å². The van der Waals surface area contributed by atoms with Crippen LogP contribution in [0.25, 0.3) is 0 Å². The maximum absolute atomic E-state index is 11.9. The third-order valence-corrected chi connectivity index (χ3v) is 4.26. The Bertz CT molecular complexity index is 377. The summed E-state index contributed by atoms with van der Waals surface area (Å²) in [7, 11) is 2.08. The normalized spacial score (nSPS) is 34.7. The first kappa shape index (κ1) is 15.1. The number of hydrogen-bond acceptors (Lipinski definition) is 4. The topological polar surface area (TPSA) is 90.9 Å². The highest BCUT2D eigenvalue weighted by atomic mass is 16.5. The number of urea groups is 1. The maximum atomic E-state index is 11.9. The van der Waals surface area contributed by atoms with Gasteiger partial charge in [-0.15, -0.1) is 0 Å². The Morgan fingerprint density at radius 1 is 1.30 bits per heavy atom. The van der Waals surface area contributed by atoms with Gasteiger partial charge in [-0.1, -0.05) is 0 Å². The monoisotopic (exact) mass is 285 g/mol. The van der Waals surface area contributed by atoms with Gasteiger partial charge in [0.05, 0.1) is 19.3 Å². The van der Waals surface area contributed by atoms with E-state index in [4.69, 9.17) is 9.84 Å². The third kappa shape index (κ3) is 3.61. The third-order valence-electron chi connectivity index (χ3n) is 4.26. The Morgan fingerprint density at radius 2 is 2.05 bits per heavy atom. The van der Waals surface area contributed by atoms with Gasteiger partial charge in [-0.05, 0) is 26.8 Å². The van der Waals surface area contributed by atoms with Crippen molar-refractivity contribution in [2.24, 2.45) is 5.92 Å². The average molecular weight is 285 g/mol. The molecule has 2 aliphatic heterocycles. The van der Waals surface area contributed by atoms with Crippen LogP contribution in [0.3, 0.4) is 0 Å². The zero-order valence-electron chi connectivity index (χ0n) is 12.0. The molecule has 0 spiro atoms. The number of carbonyl (C=O) groups is 2. The highest BCUT2D eigenvalue weighted by Gasteiger charge is 2.35. The minimum Gasteiger partial charge on any atom is -0.481 e. The molecule has 4 unspecified atom stereocenters. The Kier molecular flexibility index (Phi) is 4.82. The van der Waals surface area contributed by atoms with Crippen LogP contribution in [0, 0.1) is 5.92 Å². The molecule has 114 valence electrons. The smallest absolute Gasteiger partial charge is 0.315 e. The quantitative estimate of drug-likeness (QED) is 0.672. The number of amides is 2. The Hall–Kier alpha value is -1.34. The van der Waals surface area contributed by atoms with Crippen molar-refractivity contribution in [2.45, 2.75) is 37.9 Å². The van der Waals surface area contributed by atoms with Gasteiger partial charge >= 0.3 is 12.0 Å². The lowest BCUT2D eigenvalue weighted by molar-refractivity contribution is -0.142. The number of piperidine rings is 1. The van der Waals surface area contributed by atoms with Gasteiger partial charge in [0.1, 0.15) is 5.92 Å². The molecule has 2 heterocycles. The predicted molar refractivity (Wildman–Crippen MR) is 72.5 cm³/mol. The van der Waals surface area contributed by atoms with Gasteiger partial charge in [-0.2, -0.15) is 0 Å². The number of likely N-dealkylation sites (tertiary alicyclic amines) is 1. The molecule has 0 aromatic carbocycles. The molecule has 3 N–H and O–H groups in total. The number of rotatable bonds is 3. The van der Waals surface area contributed by atoms with Crippen molar-refractivity contribution >= 4 is 12.0 Å². The highest BCUT2D eigenvalue weighted by Crippen LogP contribution is 2.16. The lowest BCUT2D eigenvalue weighted by atomic mass is 9.99. The zero-order chi connectivity index (χ0) is 14.7. The van der Waals surface area contributed by atoms with Gasteiger partial charge in [0, 0.05) is 18.6 Å². The number of aliphatic carboxylic acids is 1. The van der Waals surface area contributed by atoms with Crippen molar-refractivity contribution in [3.63, 3.8) is 0 Å². The van der Waals surface area contributed by atoms with E-state index < -0.39 is 17.9 Å². The standard InChI is InChI=1S/C13H23N3O4/c1-8-5-9(3-4-16(8)2)14-13(19)15-11-7-20-6-10(11)12(17)18/h8-11H,3-7H2,1-2H3,(H,17,18)(H2,14,15,19). The molecule has 0 aromatic heterocycles. The van der Waals surface area contributed by atoms with E-state index >= 15 is 0 Å². The first-order chi connectivity index (χ1) is 9.47. The van der Waals surface area contributed by atoms with Gasteiger partial charge < -0.3 is 25.4 Å². The summed E-state index contributed by atoms with van der Waals surface area (Å²) in [5.74, 6) is -1.59. The molecule has 20 heavy (non-hydrogen) atoms. The highest BCUT2D eigenvalue weighted by molar-refractivity contribution is 5.77. The van der Waals surface area contributed by atoms with Gasteiger partial charge in [0.2, 0.25) is 0 Å². The molecule has 2 rings (SSSR count). The van der Waals surface area contributed by atoms with Crippen molar-refractivity contribution < 1.29 is 19.4 Å². The number of nitrogens with zero attached hydrogens (tertiary/aromatic N) is 1. The maximum Gasteiger partial charge on any atom is 0.315 e. The summed E-state index contributed by atoms with van der Waals surface area (Å²) < 4.78 is 5.12.